The summed E-state index contributed by atoms with van der Waals surface area (Å²) in [6, 6.07) is 14.0. The zero-order chi connectivity index (χ0) is 21.7. The van der Waals surface area contributed by atoms with Crippen molar-refractivity contribution >= 4 is 29.4 Å². The molecule has 8 nitrogen and oxygen atoms in total. The Morgan fingerprint density at radius 3 is 2.53 bits per heavy atom. The third kappa shape index (κ3) is 5.22. The van der Waals surface area contributed by atoms with Gasteiger partial charge in [-0.1, -0.05) is 35.9 Å². The van der Waals surface area contributed by atoms with Crippen molar-refractivity contribution in [3.8, 4) is 0 Å². The molecule has 1 fully saturated rings. The number of nitrogens with zero attached hydrogens (tertiary/aromatic N) is 1. The summed E-state index contributed by atoms with van der Waals surface area (Å²) in [4.78, 5) is 48.7. The van der Waals surface area contributed by atoms with Crippen LogP contribution in [0.1, 0.15) is 27.9 Å². The summed E-state index contributed by atoms with van der Waals surface area (Å²) >= 11 is 0. The lowest BCUT2D eigenvalue weighted by molar-refractivity contribution is -0.151. The fourth-order valence-corrected chi connectivity index (χ4v) is 3.14. The van der Waals surface area contributed by atoms with Gasteiger partial charge in [0.05, 0.1) is 12.5 Å². The van der Waals surface area contributed by atoms with Crippen molar-refractivity contribution in [1.29, 1.82) is 0 Å². The summed E-state index contributed by atoms with van der Waals surface area (Å²) in [6.45, 7) is 3.37. The molecule has 0 radical (unpaired) electrons. The molecule has 0 unspecified atom stereocenters. The van der Waals surface area contributed by atoms with Crippen LogP contribution in [0.25, 0.3) is 0 Å². The van der Waals surface area contributed by atoms with E-state index in [-0.39, 0.29) is 18.9 Å². The van der Waals surface area contributed by atoms with E-state index in [2.05, 4.69) is 10.7 Å². The van der Waals surface area contributed by atoms with Crippen molar-refractivity contribution in [2.75, 3.05) is 18.5 Å². The minimum Gasteiger partial charge on any atom is -0.455 e. The van der Waals surface area contributed by atoms with Crippen molar-refractivity contribution < 1.29 is 23.9 Å². The summed E-state index contributed by atoms with van der Waals surface area (Å²) < 4.78 is 5.07. The third-order valence-electron chi connectivity index (χ3n) is 4.73. The second-order valence-corrected chi connectivity index (χ2v) is 7.19. The Bertz CT molecular complexity index is 974. The molecule has 8 heteroatoms. The van der Waals surface area contributed by atoms with Crippen LogP contribution in [0.3, 0.4) is 0 Å². The number of nitrogens with one attached hydrogen (secondary N) is 2. The van der Waals surface area contributed by atoms with Crippen LogP contribution in [-0.2, 0) is 19.1 Å². The lowest BCUT2D eigenvalue weighted by Crippen LogP contribution is -2.43. The third-order valence-corrected chi connectivity index (χ3v) is 4.73. The number of hydrogen-bond donors (Lipinski definition) is 2. The Balaban J connectivity index is 1.48. The number of hydrogen-bond acceptors (Lipinski definition) is 5. The molecule has 3 amide bonds. The molecule has 0 aromatic heterocycles. The van der Waals surface area contributed by atoms with Gasteiger partial charge in [0.2, 0.25) is 5.91 Å². The molecule has 156 valence electrons. The van der Waals surface area contributed by atoms with Crippen LogP contribution in [0.4, 0.5) is 5.69 Å². The van der Waals surface area contributed by atoms with Crippen molar-refractivity contribution in [2.24, 2.45) is 5.92 Å². The maximum Gasteiger partial charge on any atom is 0.311 e. The highest BCUT2D eigenvalue weighted by molar-refractivity contribution is 5.97. The molecule has 1 aliphatic heterocycles. The van der Waals surface area contributed by atoms with Crippen LogP contribution in [0.5, 0.6) is 0 Å². The van der Waals surface area contributed by atoms with Crippen LogP contribution in [0, 0.1) is 19.8 Å². The van der Waals surface area contributed by atoms with E-state index in [1.54, 1.807) is 36.4 Å². The van der Waals surface area contributed by atoms with Gasteiger partial charge in [0, 0.05) is 17.7 Å². The van der Waals surface area contributed by atoms with Gasteiger partial charge in [-0.05, 0) is 37.6 Å². The maximum atomic E-state index is 12.3. The van der Waals surface area contributed by atoms with E-state index in [0.29, 0.717) is 11.3 Å². The highest BCUT2D eigenvalue weighted by Crippen LogP contribution is 2.19. The maximum absolute atomic E-state index is 12.3. The zero-order valence-corrected chi connectivity index (χ0v) is 16.8. The van der Waals surface area contributed by atoms with Crippen LogP contribution in [-0.4, -0.2) is 41.9 Å². The highest BCUT2D eigenvalue weighted by atomic mass is 16.5. The van der Waals surface area contributed by atoms with Crippen LogP contribution < -0.4 is 10.7 Å². The summed E-state index contributed by atoms with van der Waals surface area (Å²) in [7, 11) is 0. The molecule has 0 aliphatic carbocycles. The molecule has 3 rings (SSSR count). The number of aryl methyl sites for hydroxylation is 2. The van der Waals surface area contributed by atoms with Crippen LogP contribution >= 0.6 is 0 Å². The Labute approximate surface area is 174 Å². The number of amides is 3. The van der Waals surface area contributed by atoms with Crippen LogP contribution in [0.15, 0.2) is 48.5 Å². The molecule has 1 heterocycles. The van der Waals surface area contributed by atoms with E-state index >= 15 is 0 Å². The average Bonchev–Trinajstić information content (AvgIpc) is 3.09. The van der Waals surface area contributed by atoms with Crippen molar-refractivity contribution in [2.45, 2.75) is 20.3 Å². The smallest absolute Gasteiger partial charge is 0.311 e. The van der Waals surface area contributed by atoms with E-state index < -0.39 is 30.3 Å². The zero-order valence-electron chi connectivity index (χ0n) is 16.8. The SMILES string of the molecule is Cc1ccc(NC(=O)COC(=O)[C@@H]2CC(=O)N(NC(=O)c3ccccc3)C2)c(C)c1. The van der Waals surface area contributed by atoms with Gasteiger partial charge in [0.25, 0.3) is 11.8 Å². The Hall–Kier alpha value is -3.68. The minimum atomic E-state index is -0.748. The summed E-state index contributed by atoms with van der Waals surface area (Å²) in [5, 5.41) is 3.80. The molecule has 1 saturated heterocycles. The van der Waals surface area contributed by atoms with Gasteiger partial charge in [-0.15, -0.1) is 0 Å². The number of benzene rings is 2. The van der Waals surface area contributed by atoms with Gasteiger partial charge in [0.1, 0.15) is 0 Å². The number of ether oxygens (including phenoxy) is 1. The first-order chi connectivity index (χ1) is 14.3. The number of anilines is 1. The number of hydrazine groups is 1. The number of carbonyl (C=O) groups excluding carboxylic acids is 4. The summed E-state index contributed by atoms with van der Waals surface area (Å²) in [6.07, 6.45) is -0.0907. The molecular weight excluding hydrogens is 386 g/mol. The van der Waals surface area contributed by atoms with Gasteiger partial charge in [-0.25, -0.2) is 0 Å². The monoisotopic (exact) mass is 409 g/mol. The predicted molar refractivity (Wildman–Crippen MR) is 109 cm³/mol. The first-order valence-electron chi connectivity index (χ1n) is 9.53. The van der Waals surface area contributed by atoms with E-state index in [0.717, 1.165) is 16.1 Å². The fourth-order valence-electron chi connectivity index (χ4n) is 3.14. The molecule has 2 aromatic rings. The minimum absolute atomic E-state index is 0.00503. The average molecular weight is 409 g/mol. The van der Waals surface area contributed by atoms with Gasteiger partial charge < -0.3 is 10.1 Å². The normalized spacial score (nSPS) is 15.6. The molecular formula is C22H23N3O5. The fraction of sp³-hybridized carbons (Fsp3) is 0.273. The van der Waals surface area contributed by atoms with E-state index in [1.807, 2.05) is 26.0 Å². The van der Waals surface area contributed by atoms with Gasteiger partial charge in [-0.2, -0.15) is 0 Å². The summed E-state index contributed by atoms with van der Waals surface area (Å²) in [5.74, 6) is -2.70. The highest BCUT2D eigenvalue weighted by Gasteiger charge is 2.36. The second-order valence-electron chi connectivity index (χ2n) is 7.19. The van der Waals surface area contributed by atoms with Gasteiger partial charge in [-0.3, -0.25) is 29.6 Å². The Kier molecular flexibility index (Phi) is 6.46. The molecule has 1 aliphatic rings. The van der Waals surface area contributed by atoms with E-state index in [1.165, 1.54) is 0 Å². The van der Waals surface area contributed by atoms with Crippen molar-refractivity contribution in [1.82, 2.24) is 10.4 Å². The molecule has 0 saturated carbocycles. The Morgan fingerprint density at radius 1 is 1.10 bits per heavy atom. The van der Waals surface area contributed by atoms with Gasteiger partial charge >= 0.3 is 5.97 Å². The van der Waals surface area contributed by atoms with Crippen LogP contribution in [0.2, 0.25) is 0 Å². The number of esters is 1. The van der Waals surface area contributed by atoms with E-state index in [4.69, 9.17) is 4.74 Å². The van der Waals surface area contributed by atoms with Gasteiger partial charge in [0.15, 0.2) is 6.61 Å². The molecule has 0 bridgehead atoms. The standard InChI is InChI=1S/C22H23N3O5/c1-14-8-9-18(15(2)10-14)23-19(26)13-30-22(29)17-11-20(27)25(12-17)24-21(28)16-6-4-3-5-7-16/h3-10,17H,11-13H2,1-2H3,(H,23,26)(H,24,28)/t17-/m1/s1. The first-order valence-corrected chi connectivity index (χ1v) is 9.53. The number of carbonyl (C=O) groups is 4. The predicted octanol–water partition coefficient (Wildman–Crippen LogP) is 1.98. The van der Waals surface area contributed by atoms with E-state index in [9.17, 15) is 19.2 Å². The molecule has 0 spiro atoms. The Morgan fingerprint density at radius 2 is 1.83 bits per heavy atom. The number of rotatable bonds is 6. The molecule has 2 N–H and O–H groups in total. The molecule has 1 atom stereocenters. The second kappa shape index (κ2) is 9.21. The van der Waals surface area contributed by atoms with Crippen molar-refractivity contribution in [3.63, 3.8) is 0 Å². The topological polar surface area (TPSA) is 105 Å². The lowest BCUT2D eigenvalue weighted by Gasteiger charge is -2.17. The summed E-state index contributed by atoms with van der Waals surface area (Å²) in [5.41, 5.74) is 5.52. The molecule has 2 aromatic carbocycles. The quantitative estimate of drug-likeness (QED) is 0.710. The largest absolute Gasteiger partial charge is 0.455 e. The molecule has 30 heavy (non-hydrogen) atoms. The lowest BCUT2D eigenvalue weighted by atomic mass is 10.1. The van der Waals surface area contributed by atoms with Crippen molar-refractivity contribution in [3.05, 3.63) is 65.2 Å². The first kappa shape index (κ1) is 21.0.